The zero-order chi connectivity index (χ0) is 17.1. The molecule has 2 aromatic carbocycles. The highest BCUT2D eigenvalue weighted by Gasteiger charge is 2.15. The molecule has 3 nitrogen and oxygen atoms in total. The number of benzene rings is 2. The van der Waals surface area contributed by atoms with Crippen LogP contribution >= 0.6 is 0 Å². The van der Waals surface area contributed by atoms with Crippen molar-refractivity contribution in [3.8, 4) is 0 Å². The third-order valence-corrected chi connectivity index (χ3v) is 4.34. The molecule has 0 N–H and O–H groups in total. The maximum atomic E-state index is 13.3. The highest BCUT2D eigenvalue weighted by Crippen LogP contribution is 2.15. The fraction of sp³-hybridized carbons (Fsp3) is 0.316. The lowest BCUT2D eigenvalue weighted by Gasteiger charge is -2.32. The predicted octanol–water partition coefficient (Wildman–Crippen LogP) is 2.94. The van der Waals surface area contributed by atoms with Gasteiger partial charge < -0.3 is 4.90 Å². The molecule has 0 unspecified atom stereocenters. The molecule has 0 amide bonds. The van der Waals surface area contributed by atoms with E-state index in [4.69, 9.17) is 0 Å². The number of likely N-dealkylation sites (N-methyl/N-ethyl adjacent to an activating group) is 1. The summed E-state index contributed by atoms with van der Waals surface area (Å²) in [6.45, 7) is 5.01. The van der Waals surface area contributed by atoms with Crippen LogP contribution in [0.15, 0.2) is 42.5 Å². The van der Waals surface area contributed by atoms with E-state index in [0.717, 1.165) is 56.5 Å². The Hall–Kier alpha value is -2.11. The molecule has 5 heteroatoms. The van der Waals surface area contributed by atoms with Crippen molar-refractivity contribution < 1.29 is 13.6 Å². The summed E-state index contributed by atoms with van der Waals surface area (Å²) in [6, 6.07) is 10.1. The van der Waals surface area contributed by atoms with Gasteiger partial charge in [-0.1, -0.05) is 24.3 Å². The number of hydrogen-bond donors (Lipinski definition) is 0. The van der Waals surface area contributed by atoms with Gasteiger partial charge in [-0.15, -0.1) is 0 Å². The van der Waals surface area contributed by atoms with Gasteiger partial charge in [-0.2, -0.15) is 0 Å². The normalized spacial score (nSPS) is 16.3. The maximum Gasteiger partial charge on any atom is 0.193 e. The van der Waals surface area contributed by atoms with E-state index in [9.17, 15) is 13.6 Å². The van der Waals surface area contributed by atoms with Crippen LogP contribution in [0.25, 0.3) is 0 Å². The molecule has 0 spiro atoms. The number of nitrogens with zero attached hydrogens (tertiary/aromatic N) is 2. The summed E-state index contributed by atoms with van der Waals surface area (Å²) in [4.78, 5) is 17.0. The molecule has 0 radical (unpaired) electrons. The lowest BCUT2D eigenvalue weighted by Crippen LogP contribution is -2.43. The van der Waals surface area contributed by atoms with Crippen LogP contribution in [-0.2, 0) is 6.54 Å². The Morgan fingerprint density at radius 3 is 2.08 bits per heavy atom. The highest BCUT2D eigenvalue weighted by atomic mass is 19.1. The van der Waals surface area contributed by atoms with Crippen molar-refractivity contribution in [2.45, 2.75) is 6.54 Å². The minimum atomic E-state index is -0.745. The first kappa shape index (κ1) is 16.7. The standard InChI is InChI=1S/C19H20F2N2O/c1-22-6-8-23(9-7-22)13-14-2-4-15(5-3-14)19(24)16-10-17(20)12-18(21)11-16/h2-5,10-12H,6-9,13H2,1H3. The molecular weight excluding hydrogens is 310 g/mol. The molecule has 1 saturated heterocycles. The average molecular weight is 330 g/mol. The average Bonchev–Trinajstić information content (AvgIpc) is 2.56. The maximum absolute atomic E-state index is 13.3. The summed E-state index contributed by atoms with van der Waals surface area (Å²) in [5.74, 6) is -1.87. The summed E-state index contributed by atoms with van der Waals surface area (Å²) >= 11 is 0. The molecule has 126 valence electrons. The monoisotopic (exact) mass is 330 g/mol. The Morgan fingerprint density at radius 1 is 0.917 bits per heavy atom. The van der Waals surface area contributed by atoms with Gasteiger partial charge in [-0.25, -0.2) is 8.78 Å². The summed E-state index contributed by atoms with van der Waals surface area (Å²) in [6.07, 6.45) is 0. The molecule has 2 aromatic rings. The molecular formula is C19H20F2N2O. The van der Waals surface area contributed by atoms with E-state index in [1.54, 1.807) is 12.1 Å². The van der Waals surface area contributed by atoms with Gasteiger partial charge in [0.15, 0.2) is 5.78 Å². The van der Waals surface area contributed by atoms with Crippen LogP contribution in [0.5, 0.6) is 0 Å². The van der Waals surface area contributed by atoms with Gasteiger partial charge >= 0.3 is 0 Å². The molecule has 0 saturated carbocycles. The third-order valence-electron chi connectivity index (χ3n) is 4.34. The molecule has 3 rings (SSSR count). The predicted molar refractivity (Wildman–Crippen MR) is 89.0 cm³/mol. The molecule has 0 atom stereocenters. The van der Waals surface area contributed by atoms with Gasteiger partial charge in [0.1, 0.15) is 11.6 Å². The molecule has 1 aliphatic rings. The van der Waals surface area contributed by atoms with Crippen molar-refractivity contribution in [3.05, 3.63) is 70.8 Å². The number of hydrogen-bond acceptors (Lipinski definition) is 3. The van der Waals surface area contributed by atoms with Crippen LogP contribution in [0, 0.1) is 11.6 Å². The Bertz CT molecular complexity index is 702. The second kappa shape index (κ2) is 7.20. The fourth-order valence-electron chi connectivity index (χ4n) is 2.88. The molecule has 1 aliphatic heterocycles. The number of rotatable bonds is 4. The van der Waals surface area contributed by atoms with Gasteiger partial charge in [0.05, 0.1) is 0 Å². The second-order valence-corrected chi connectivity index (χ2v) is 6.26. The van der Waals surface area contributed by atoms with Crippen molar-refractivity contribution in [2.75, 3.05) is 33.2 Å². The topological polar surface area (TPSA) is 23.6 Å². The van der Waals surface area contributed by atoms with E-state index in [1.165, 1.54) is 0 Å². The van der Waals surface area contributed by atoms with Gasteiger partial charge in [0.25, 0.3) is 0 Å². The summed E-state index contributed by atoms with van der Waals surface area (Å²) < 4.78 is 26.5. The van der Waals surface area contributed by atoms with Gasteiger partial charge in [-0.05, 0) is 24.7 Å². The number of carbonyl (C=O) groups excluding carboxylic acids is 1. The molecule has 1 fully saturated rings. The van der Waals surface area contributed by atoms with Crippen LogP contribution in [-0.4, -0.2) is 48.8 Å². The molecule has 0 aromatic heterocycles. The van der Waals surface area contributed by atoms with Crippen LogP contribution < -0.4 is 0 Å². The van der Waals surface area contributed by atoms with E-state index < -0.39 is 11.6 Å². The summed E-state index contributed by atoms with van der Waals surface area (Å²) in [5, 5.41) is 0. The molecule has 0 aliphatic carbocycles. The molecule has 24 heavy (non-hydrogen) atoms. The zero-order valence-corrected chi connectivity index (χ0v) is 13.6. The number of carbonyl (C=O) groups is 1. The first-order chi connectivity index (χ1) is 11.5. The van der Waals surface area contributed by atoms with Crippen molar-refractivity contribution in [1.82, 2.24) is 9.80 Å². The van der Waals surface area contributed by atoms with Crippen molar-refractivity contribution >= 4 is 5.78 Å². The first-order valence-electron chi connectivity index (χ1n) is 8.02. The first-order valence-corrected chi connectivity index (χ1v) is 8.02. The molecule has 0 bridgehead atoms. The highest BCUT2D eigenvalue weighted by molar-refractivity contribution is 6.08. The number of piperazine rings is 1. The smallest absolute Gasteiger partial charge is 0.193 e. The van der Waals surface area contributed by atoms with Crippen LogP contribution in [0.1, 0.15) is 21.5 Å². The minimum absolute atomic E-state index is 0.0271. The Balaban J connectivity index is 1.68. The van der Waals surface area contributed by atoms with E-state index in [-0.39, 0.29) is 11.3 Å². The Kier molecular flexibility index (Phi) is 5.02. The lowest BCUT2D eigenvalue weighted by molar-refractivity contribution is 0.103. The van der Waals surface area contributed by atoms with E-state index in [2.05, 4.69) is 16.8 Å². The van der Waals surface area contributed by atoms with Gasteiger partial charge in [-0.3, -0.25) is 9.69 Å². The zero-order valence-electron chi connectivity index (χ0n) is 13.6. The largest absolute Gasteiger partial charge is 0.304 e. The van der Waals surface area contributed by atoms with Gasteiger partial charge in [0, 0.05) is 49.9 Å². The third kappa shape index (κ3) is 4.04. The van der Waals surface area contributed by atoms with Gasteiger partial charge in [0.2, 0.25) is 0 Å². The minimum Gasteiger partial charge on any atom is -0.304 e. The van der Waals surface area contributed by atoms with Crippen molar-refractivity contribution in [3.63, 3.8) is 0 Å². The quantitative estimate of drug-likeness (QED) is 0.806. The van der Waals surface area contributed by atoms with E-state index >= 15 is 0 Å². The molecule has 1 heterocycles. The Morgan fingerprint density at radius 2 is 1.50 bits per heavy atom. The Labute approximate surface area is 140 Å². The van der Waals surface area contributed by atoms with Crippen molar-refractivity contribution in [1.29, 1.82) is 0 Å². The second-order valence-electron chi connectivity index (χ2n) is 6.26. The summed E-state index contributed by atoms with van der Waals surface area (Å²) in [5.41, 5.74) is 1.59. The van der Waals surface area contributed by atoms with Crippen molar-refractivity contribution in [2.24, 2.45) is 0 Å². The van der Waals surface area contributed by atoms with E-state index in [0.29, 0.717) is 5.56 Å². The van der Waals surface area contributed by atoms with Crippen LogP contribution in [0.4, 0.5) is 8.78 Å². The lowest BCUT2D eigenvalue weighted by atomic mass is 10.0. The number of halogens is 2. The fourth-order valence-corrected chi connectivity index (χ4v) is 2.88. The SMILES string of the molecule is CN1CCN(Cc2ccc(C(=O)c3cc(F)cc(F)c3)cc2)CC1. The van der Waals surface area contributed by atoms with Crippen LogP contribution in [0.2, 0.25) is 0 Å². The number of ketones is 1. The van der Waals surface area contributed by atoms with Crippen LogP contribution in [0.3, 0.4) is 0 Å². The van der Waals surface area contributed by atoms with E-state index in [1.807, 2.05) is 12.1 Å². The summed E-state index contributed by atoms with van der Waals surface area (Å²) in [7, 11) is 2.12.